The fourth-order valence-electron chi connectivity index (χ4n) is 5.10. The summed E-state index contributed by atoms with van der Waals surface area (Å²) in [5.74, 6) is 1.52. The van der Waals surface area contributed by atoms with Gasteiger partial charge in [-0.1, -0.05) is 0 Å². The molecule has 0 bridgehead atoms. The number of aliphatic hydroxyl groups excluding tert-OH is 1. The zero-order chi connectivity index (χ0) is 25.5. The van der Waals surface area contributed by atoms with E-state index >= 15 is 0 Å². The summed E-state index contributed by atoms with van der Waals surface area (Å²) in [5, 5.41) is 33.6. The average Bonchev–Trinajstić information content (AvgIpc) is 3.52. The maximum atomic E-state index is 10.6. The molecule has 1 unspecified atom stereocenters. The lowest BCUT2D eigenvalue weighted by Gasteiger charge is -2.41. The Bertz CT molecular complexity index is 1230. The summed E-state index contributed by atoms with van der Waals surface area (Å²) in [6.07, 6.45) is 3.57. The molecule has 2 saturated heterocycles. The Morgan fingerprint density at radius 1 is 1.31 bits per heavy atom. The summed E-state index contributed by atoms with van der Waals surface area (Å²) in [6, 6.07) is 6.70. The van der Waals surface area contributed by atoms with E-state index in [0.717, 1.165) is 23.3 Å². The van der Waals surface area contributed by atoms with E-state index in [2.05, 4.69) is 39.3 Å². The van der Waals surface area contributed by atoms with Crippen molar-refractivity contribution < 1.29 is 14.6 Å². The normalized spacial score (nSPS) is 22.0. The number of aliphatic hydroxyl groups is 1. The van der Waals surface area contributed by atoms with Crippen LogP contribution in [0.5, 0.6) is 0 Å². The van der Waals surface area contributed by atoms with Crippen molar-refractivity contribution in [2.75, 3.05) is 37.7 Å². The fraction of sp³-hybridized carbons (Fsp3) is 0.600. The first kappa shape index (κ1) is 24.6. The van der Waals surface area contributed by atoms with Crippen molar-refractivity contribution in [3.8, 4) is 11.9 Å². The molecule has 2 atom stereocenters. The quantitative estimate of drug-likeness (QED) is 0.514. The highest BCUT2D eigenvalue weighted by atomic mass is 16.6. The molecular weight excluding hydrogens is 460 g/mol. The molecule has 0 spiro atoms. The number of ether oxygens (including phenoxy) is 2. The Kier molecular flexibility index (Phi) is 6.46. The molecule has 0 aromatic carbocycles. The average molecular weight is 495 g/mol. The number of pyridine rings is 1. The standard InChI is InChI=1S/C25H34N8O3/c1-17-15-35-12-11-32(17)21-13-19(18-14-28-33(22(18)29-21)20-5-8-27-30-20)25(16-26)6-9-31(10-7-25)23(34)36-24(2,3)4/h5,8,13-14,17,23,34H,6-7,9-12,15H2,1-4H3,(H,27,30)/t17-,23?/m1/s1. The summed E-state index contributed by atoms with van der Waals surface area (Å²) in [6.45, 7) is 10.9. The number of hydrogen-bond acceptors (Lipinski definition) is 9. The SMILES string of the molecule is C[C@@H]1COCCN1c1cc(C2(C#N)CCN(C(O)OC(C)(C)C)CC2)c2cnn(-c3ccn[nH]3)c2n1. The summed E-state index contributed by atoms with van der Waals surface area (Å²) in [7, 11) is 0. The van der Waals surface area contributed by atoms with E-state index in [0.29, 0.717) is 50.6 Å². The van der Waals surface area contributed by atoms with Crippen molar-refractivity contribution in [1.29, 1.82) is 5.26 Å². The molecular formula is C25H34N8O3. The Hall–Kier alpha value is -3.04. The van der Waals surface area contributed by atoms with Gasteiger partial charge in [-0.3, -0.25) is 10.00 Å². The van der Waals surface area contributed by atoms with Crippen LogP contribution in [0.2, 0.25) is 0 Å². The zero-order valence-electron chi connectivity index (χ0n) is 21.3. The lowest BCUT2D eigenvalue weighted by molar-refractivity contribution is -0.243. The van der Waals surface area contributed by atoms with Crippen molar-refractivity contribution >= 4 is 16.9 Å². The van der Waals surface area contributed by atoms with Gasteiger partial charge in [-0.05, 0) is 52.2 Å². The Morgan fingerprint density at radius 3 is 2.72 bits per heavy atom. The van der Waals surface area contributed by atoms with Crippen LogP contribution in [0.1, 0.15) is 46.1 Å². The number of nitriles is 1. The number of rotatable bonds is 5. The van der Waals surface area contributed by atoms with E-state index in [1.807, 2.05) is 31.7 Å². The number of likely N-dealkylation sites (tertiary alicyclic amines) is 1. The molecule has 3 aromatic heterocycles. The molecule has 3 aromatic rings. The minimum absolute atomic E-state index is 0.157. The highest BCUT2D eigenvalue weighted by Crippen LogP contribution is 2.41. The van der Waals surface area contributed by atoms with Crippen LogP contribution in [0.15, 0.2) is 24.5 Å². The van der Waals surface area contributed by atoms with Crippen LogP contribution in [0.4, 0.5) is 5.82 Å². The smallest absolute Gasteiger partial charge is 0.216 e. The highest BCUT2D eigenvalue weighted by Gasteiger charge is 2.41. The number of aromatic amines is 1. The lowest BCUT2D eigenvalue weighted by Crippen LogP contribution is -2.49. The van der Waals surface area contributed by atoms with Gasteiger partial charge in [0, 0.05) is 31.1 Å². The number of morpholine rings is 1. The minimum Gasteiger partial charge on any atom is -0.377 e. The van der Waals surface area contributed by atoms with Crippen molar-refractivity contribution in [3.05, 3.63) is 30.1 Å². The van der Waals surface area contributed by atoms with Gasteiger partial charge in [0.05, 0.1) is 48.7 Å². The van der Waals surface area contributed by atoms with Gasteiger partial charge in [0.1, 0.15) is 5.82 Å². The van der Waals surface area contributed by atoms with E-state index in [4.69, 9.17) is 14.5 Å². The summed E-state index contributed by atoms with van der Waals surface area (Å²) >= 11 is 0. The van der Waals surface area contributed by atoms with Crippen molar-refractivity contribution in [2.45, 2.75) is 64.0 Å². The molecule has 2 aliphatic rings. The van der Waals surface area contributed by atoms with E-state index < -0.39 is 17.4 Å². The molecule has 0 radical (unpaired) electrons. The first-order chi connectivity index (χ1) is 17.2. The van der Waals surface area contributed by atoms with Crippen LogP contribution < -0.4 is 4.90 Å². The summed E-state index contributed by atoms with van der Waals surface area (Å²) in [4.78, 5) is 9.13. The maximum absolute atomic E-state index is 10.6. The van der Waals surface area contributed by atoms with Gasteiger partial charge < -0.3 is 19.5 Å². The third kappa shape index (κ3) is 4.57. The Labute approximate surface area is 210 Å². The fourth-order valence-corrected chi connectivity index (χ4v) is 5.10. The number of aromatic nitrogens is 5. The van der Waals surface area contributed by atoms with Crippen LogP contribution in [-0.2, 0) is 14.9 Å². The molecule has 11 nitrogen and oxygen atoms in total. The predicted octanol–water partition coefficient (Wildman–Crippen LogP) is 2.32. The van der Waals surface area contributed by atoms with Crippen LogP contribution in [0.3, 0.4) is 0 Å². The third-order valence-electron chi connectivity index (χ3n) is 7.06. The number of nitrogens with zero attached hydrogens (tertiary/aromatic N) is 7. The third-order valence-corrected chi connectivity index (χ3v) is 7.06. The number of nitrogens with one attached hydrogen (secondary N) is 1. The molecule has 36 heavy (non-hydrogen) atoms. The van der Waals surface area contributed by atoms with Gasteiger partial charge in [0.2, 0.25) is 6.41 Å². The summed E-state index contributed by atoms with van der Waals surface area (Å²) < 4.78 is 13.1. The first-order valence-corrected chi connectivity index (χ1v) is 12.5. The molecule has 2 N–H and O–H groups in total. The van der Waals surface area contributed by atoms with Crippen LogP contribution in [-0.4, -0.2) is 85.9 Å². The number of hydrogen-bond donors (Lipinski definition) is 2. The largest absolute Gasteiger partial charge is 0.377 e. The molecule has 0 saturated carbocycles. The second kappa shape index (κ2) is 9.44. The van der Waals surface area contributed by atoms with Crippen molar-refractivity contribution in [2.24, 2.45) is 0 Å². The number of piperidine rings is 1. The first-order valence-electron chi connectivity index (χ1n) is 12.5. The topological polar surface area (TPSA) is 128 Å². The van der Waals surface area contributed by atoms with E-state index in [9.17, 15) is 10.4 Å². The van der Waals surface area contributed by atoms with E-state index in [1.54, 1.807) is 17.1 Å². The maximum Gasteiger partial charge on any atom is 0.216 e. The zero-order valence-corrected chi connectivity index (χ0v) is 21.3. The Balaban J connectivity index is 1.55. The van der Waals surface area contributed by atoms with Crippen LogP contribution >= 0.6 is 0 Å². The monoisotopic (exact) mass is 494 g/mol. The lowest BCUT2D eigenvalue weighted by atomic mass is 9.73. The van der Waals surface area contributed by atoms with Gasteiger partial charge in [-0.15, -0.1) is 0 Å². The van der Waals surface area contributed by atoms with Gasteiger partial charge in [0.25, 0.3) is 0 Å². The molecule has 11 heteroatoms. The Morgan fingerprint density at radius 2 is 2.08 bits per heavy atom. The van der Waals surface area contributed by atoms with Gasteiger partial charge in [-0.25, -0.2) is 4.98 Å². The molecule has 2 aliphatic heterocycles. The second-order valence-electron chi connectivity index (χ2n) is 10.7. The van der Waals surface area contributed by atoms with Gasteiger partial charge in [0.15, 0.2) is 11.5 Å². The molecule has 0 aliphatic carbocycles. The molecule has 5 rings (SSSR count). The number of anilines is 1. The number of fused-ring (bicyclic) bond motifs is 1. The molecule has 5 heterocycles. The predicted molar refractivity (Wildman–Crippen MR) is 134 cm³/mol. The van der Waals surface area contributed by atoms with Crippen LogP contribution in [0.25, 0.3) is 16.9 Å². The second-order valence-corrected chi connectivity index (χ2v) is 10.7. The van der Waals surface area contributed by atoms with E-state index in [-0.39, 0.29) is 6.04 Å². The molecule has 2 fully saturated rings. The van der Waals surface area contributed by atoms with Crippen molar-refractivity contribution in [1.82, 2.24) is 29.9 Å². The molecule has 192 valence electrons. The molecule has 0 amide bonds. The summed E-state index contributed by atoms with van der Waals surface area (Å²) in [5.41, 5.74) is 0.385. The van der Waals surface area contributed by atoms with E-state index in [1.165, 1.54) is 0 Å². The van der Waals surface area contributed by atoms with Crippen LogP contribution in [0, 0.1) is 11.3 Å². The van der Waals surface area contributed by atoms with Gasteiger partial charge >= 0.3 is 0 Å². The highest BCUT2D eigenvalue weighted by molar-refractivity contribution is 5.84. The number of H-pyrrole nitrogens is 1. The minimum atomic E-state index is -1.01. The van der Waals surface area contributed by atoms with Crippen molar-refractivity contribution in [3.63, 3.8) is 0 Å². The van der Waals surface area contributed by atoms with Gasteiger partial charge in [-0.2, -0.15) is 20.1 Å².